The Morgan fingerprint density at radius 2 is 2.15 bits per heavy atom. The molecule has 2 heterocycles. The minimum atomic E-state index is -0.128. The summed E-state index contributed by atoms with van der Waals surface area (Å²) in [6.45, 7) is 2.16. The van der Waals surface area contributed by atoms with Gasteiger partial charge in [0.15, 0.2) is 16.7 Å². The lowest BCUT2D eigenvalue weighted by molar-refractivity contribution is -0.113. The number of aromatic nitrogens is 2. The molecular formula is C19H16ClN3O3S. The van der Waals surface area contributed by atoms with Crippen molar-refractivity contribution in [2.24, 2.45) is 0 Å². The van der Waals surface area contributed by atoms with Crippen molar-refractivity contribution in [3.8, 4) is 17.2 Å². The minimum absolute atomic E-state index is 0.128. The van der Waals surface area contributed by atoms with Gasteiger partial charge in [0, 0.05) is 29.2 Å². The molecule has 0 radical (unpaired) electrons. The topological polar surface area (TPSA) is 65.4 Å². The van der Waals surface area contributed by atoms with Gasteiger partial charge in [-0.1, -0.05) is 29.4 Å². The van der Waals surface area contributed by atoms with Crippen molar-refractivity contribution in [1.29, 1.82) is 0 Å². The van der Waals surface area contributed by atoms with Crippen molar-refractivity contribution in [2.75, 3.05) is 17.9 Å². The van der Waals surface area contributed by atoms with E-state index >= 15 is 0 Å². The van der Waals surface area contributed by atoms with Gasteiger partial charge >= 0.3 is 0 Å². The molecule has 0 saturated carbocycles. The van der Waals surface area contributed by atoms with Gasteiger partial charge in [0.1, 0.15) is 0 Å². The molecule has 2 aromatic carbocycles. The van der Waals surface area contributed by atoms with Crippen molar-refractivity contribution in [3.05, 3.63) is 59.4 Å². The van der Waals surface area contributed by atoms with Gasteiger partial charge in [0.05, 0.1) is 11.4 Å². The molecule has 0 aliphatic carbocycles. The van der Waals surface area contributed by atoms with Gasteiger partial charge in [-0.2, -0.15) is 0 Å². The second-order valence-electron chi connectivity index (χ2n) is 5.87. The van der Waals surface area contributed by atoms with Gasteiger partial charge in [0.25, 0.3) is 0 Å². The third-order valence-corrected chi connectivity index (χ3v) is 5.47. The number of ether oxygens (including phenoxy) is 2. The first-order valence-corrected chi connectivity index (χ1v) is 9.59. The molecule has 0 spiro atoms. The molecule has 0 fully saturated rings. The Balaban J connectivity index is 1.43. The average molecular weight is 402 g/mol. The number of carbonyl (C=O) groups is 1. The van der Waals surface area contributed by atoms with E-state index in [1.54, 1.807) is 24.4 Å². The van der Waals surface area contributed by atoms with E-state index in [2.05, 4.69) is 10.3 Å². The molecule has 0 unspecified atom stereocenters. The molecule has 138 valence electrons. The second-order valence-corrected chi connectivity index (χ2v) is 7.22. The Morgan fingerprint density at radius 3 is 3.04 bits per heavy atom. The number of carbonyl (C=O) groups excluding carboxylic acids is 1. The van der Waals surface area contributed by atoms with Gasteiger partial charge < -0.3 is 14.8 Å². The van der Waals surface area contributed by atoms with Crippen LogP contribution in [0.15, 0.2) is 53.9 Å². The summed E-state index contributed by atoms with van der Waals surface area (Å²) in [5.74, 6) is 1.41. The highest BCUT2D eigenvalue weighted by Gasteiger charge is 2.15. The fourth-order valence-electron chi connectivity index (χ4n) is 2.74. The molecular weight excluding hydrogens is 386 g/mol. The maximum Gasteiger partial charge on any atom is 0.234 e. The van der Waals surface area contributed by atoms with Crippen LogP contribution in [-0.4, -0.2) is 28.0 Å². The Labute approximate surface area is 165 Å². The predicted molar refractivity (Wildman–Crippen MR) is 105 cm³/mol. The van der Waals surface area contributed by atoms with Crippen molar-refractivity contribution < 1.29 is 14.3 Å². The fourth-order valence-corrected chi connectivity index (χ4v) is 3.67. The van der Waals surface area contributed by atoms with Gasteiger partial charge in [-0.3, -0.25) is 9.36 Å². The molecule has 0 bridgehead atoms. The van der Waals surface area contributed by atoms with E-state index in [0.29, 0.717) is 22.2 Å². The van der Waals surface area contributed by atoms with Crippen molar-refractivity contribution in [3.63, 3.8) is 0 Å². The van der Waals surface area contributed by atoms with Crippen LogP contribution in [0, 0.1) is 6.92 Å². The molecule has 1 amide bonds. The molecule has 1 aliphatic rings. The highest BCUT2D eigenvalue weighted by Crippen LogP contribution is 2.34. The molecule has 0 atom stereocenters. The minimum Gasteiger partial charge on any atom is -0.454 e. The first-order valence-electron chi connectivity index (χ1n) is 8.23. The van der Waals surface area contributed by atoms with Crippen LogP contribution in [0.4, 0.5) is 5.69 Å². The number of nitrogens with zero attached hydrogens (tertiary/aromatic N) is 2. The number of imidazole rings is 1. The number of anilines is 1. The van der Waals surface area contributed by atoms with Crippen LogP contribution in [0.5, 0.6) is 11.5 Å². The Bertz CT molecular complexity index is 1010. The first kappa shape index (κ1) is 17.8. The van der Waals surface area contributed by atoms with E-state index in [0.717, 1.165) is 16.4 Å². The molecule has 1 aliphatic heterocycles. The smallest absolute Gasteiger partial charge is 0.234 e. The number of nitrogens with one attached hydrogen (secondary N) is 1. The number of rotatable bonds is 5. The van der Waals surface area contributed by atoms with Gasteiger partial charge in [-0.05, 0) is 36.8 Å². The monoisotopic (exact) mass is 401 g/mol. The molecule has 1 aromatic heterocycles. The van der Waals surface area contributed by atoms with E-state index in [9.17, 15) is 4.79 Å². The zero-order valence-electron chi connectivity index (χ0n) is 14.4. The summed E-state index contributed by atoms with van der Waals surface area (Å²) in [7, 11) is 0. The summed E-state index contributed by atoms with van der Waals surface area (Å²) in [6, 6.07) is 11.0. The molecule has 3 aromatic rings. The number of fused-ring (bicyclic) bond motifs is 1. The van der Waals surface area contributed by atoms with Crippen molar-refractivity contribution in [1.82, 2.24) is 9.55 Å². The number of hydrogen-bond donors (Lipinski definition) is 1. The van der Waals surface area contributed by atoms with Crippen LogP contribution < -0.4 is 14.8 Å². The number of amides is 1. The summed E-state index contributed by atoms with van der Waals surface area (Å²) < 4.78 is 12.5. The lowest BCUT2D eigenvalue weighted by Gasteiger charge is -2.11. The van der Waals surface area contributed by atoms with Crippen LogP contribution in [0.1, 0.15) is 5.56 Å². The fraction of sp³-hybridized carbons (Fsp3) is 0.158. The largest absolute Gasteiger partial charge is 0.454 e. The van der Waals surface area contributed by atoms with Crippen molar-refractivity contribution >= 4 is 35.0 Å². The summed E-state index contributed by atoms with van der Waals surface area (Å²) in [5.41, 5.74) is 2.57. The first-order chi connectivity index (χ1) is 13.1. The maximum atomic E-state index is 12.3. The molecule has 0 saturated heterocycles. The lowest BCUT2D eigenvalue weighted by Crippen LogP contribution is -2.14. The van der Waals surface area contributed by atoms with Crippen LogP contribution in [0.25, 0.3) is 5.69 Å². The summed E-state index contributed by atoms with van der Waals surface area (Å²) in [4.78, 5) is 16.7. The van der Waals surface area contributed by atoms with Crippen LogP contribution in [0.3, 0.4) is 0 Å². The van der Waals surface area contributed by atoms with E-state index in [1.165, 1.54) is 11.8 Å². The summed E-state index contributed by atoms with van der Waals surface area (Å²) in [5, 5.41) is 4.28. The SMILES string of the molecule is Cc1c(Cl)cccc1-n1ccnc1SCC(=O)Nc1ccc2c(c1)OCO2. The zero-order chi connectivity index (χ0) is 18.8. The van der Waals surface area contributed by atoms with Crippen LogP contribution in [-0.2, 0) is 4.79 Å². The number of halogens is 1. The summed E-state index contributed by atoms with van der Waals surface area (Å²) in [6.07, 6.45) is 3.56. The molecule has 6 nitrogen and oxygen atoms in total. The Hall–Kier alpha value is -2.64. The molecule has 1 N–H and O–H groups in total. The third kappa shape index (κ3) is 3.74. The molecule has 27 heavy (non-hydrogen) atoms. The number of hydrogen-bond acceptors (Lipinski definition) is 5. The van der Waals surface area contributed by atoms with E-state index in [4.69, 9.17) is 21.1 Å². The Kier molecular flexibility index (Phi) is 4.96. The lowest BCUT2D eigenvalue weighted by atomic mass is 10.2. The predicted octanol–water partition coefficient (Wildman–Crippen LogP) is 4.29. The zero-order valence-corrected chi connectivity index (χ0v) is 16.0. The van der Waals surface area contributed by atoms with Gasteiger partial charge in [-0.25, -0.2) is 4.98 Å². The normalized spacial score (nSPS) is 12.2. The van der Waals surface area contributed by atoms with Crippen LogP contribution in [0.2, 0.25) is 5.02 Å². The average Bonchev–Trinajstić information content (AvgIpc) is 3.31. The van der Waals surface area contributed by atoms with Crippen molar-refractivity contribution in [2.45, 2.75) is 12.1 Å². The third-order valence-electron chi connectivity index (χ3n) is 4.09. The van der Waals surface area contributed by atoms with Gasteiger partial charge in [0.2, 0.25) is 12.7 Å². The number of thioether (sulfide) groups is 1. The molecule has 4 rings (SSSR count). The number of benzene rings is 2. The quantitative estimate of drug-likeness (QED) is 0.646. The maximum absolute atomic E-state index is 12.3. The summed E-state index contributed by atoms with van der Waals surface area (Å²) >= 11 is 7.57. The van der Waals surface area contributed by atoms with E-state index in [1.807, 2.05) is 35.9 Å². The standard InChI is InChI=1S/C19H16ClN3O3S/c1-12-14(20)3-2-4-15(12)23-8-7-21-19(23)27-10-18(24)22-13-5-6-16-17(9-13)26-11-25-16/h2-9H,10-11H2,1H3,(H,22,24). The van der Waals surface area contributed by atoms with E-state index < -0.39 is 0 Å². The van der Waals surface area contributed by atoms with E-state index in [-0.39, 0.29) is 18.5 Å². The Morgan fingerprint density at radius 1 is 1.30 bits per heavy atom. The van der Waals surface area contributed by atoms with Crippen LogP contribution >= 0.6 is 23.4 Å². The molecule has 8 heteroatoms. The van der Waals surface area contributed by atoms with Gasteiger partial charge in [-0.15, -0.1) is 0 Å². The highest BCUT2D eigenvalue weighted by atomic mass is 35.5. The highest BCUT2D eigenvalue weighted by molar-refractivity contribution is 7.99. The second kappa shape index (κ2) is 7.54.